The average Bonchev–Trinajstić information content (AvgIpc) is 2.84. The summed E-state index contributed by atoms with van der Waals surface area (Å²) in [5.41, 5.74) is 1.25. The number of nitrogens with one attached hydrogen (secondary N) is 3. The molecule has 0 aliphatic heterocycles. The second kappa shape index (κ2) is 5.60. The van der Waals surface area contributed by atoms with Crippen LogP contribution in [0.4, 0.5) is 0 Å². The van der Waals surface area contributed by atoms with Gasteiger partial charge in [0.05, 0.1) is 16.1 Å². The van der Waals surface area contributed by atoms with Crippen LogP contribution in [-0.4, -0.2) is 18.4 Å². The number of hydrogen-bond acceptors (Lipinski definition) is 3. The van der Waals surface area contributed by atoms with Crippen LogP contribution in [0.5, 0.6) is 0 Å². The van der Waals surface area contributed by atoms with Crippen LogP contribution in [-0.2, 0) is 16.6 Å². The summed E-state index contributed by atoms with van der Waals surface area (Å²) in [7, 11) is -3.79. The van der Waals surface area contributed by atoms with Crippen molar-refractivity contribution in [1.82, 2.24) is 14.7 Å². The highest BCUT2D eigenvalue weighted by Crippen LogP contribution is 2.25. The highest BCUT2D eigenvalue weighted by Gasteiger charge is 2.19. The van der Waals surface area contributed by atoms with Crippen molar-refractivity contribution in [2.45, 2.75) is 11.4 Å². The van der Waals surface area contributed by atoms with Crippen LogP contribution in [0.1, 0.15) is 5.56 Å². The molecular weight excluding hydrogens is 326 g/mol. The van der Waals surface area contributed by atoms with Crippen molar-refractivity contribution < 1.29 is 8.42 Å². The molecule has 1 heterocycles. The molecule has 6 nitrogen and oxygen atoms in total. The summed E-state index contributed by atoms with van der Waals surface area (Å²) >= 11 is 6.02. The molecule has 0 atom stereocenters. The zero-order valence-corrected chi connectivity index (χ0v) is 12.8. The first kappa shape index (κ1) is 14.8. The van der Waals surface area contributed by atoms with Crippen molar-refractivity contribution in [1.29, 1.82) is 0 Å². The number of fused-ring (bicyclic) bond motifs is 1. The van der Waals surface area contributed by atoms with E-state index in [1.807, 2.05) is 30.3 Å². The molecule has 0 saturated carbocycles. The minimum Gasteiger partial charge on any atom is -0.306 e. The molecule has 2 aromatic carbocycles. The molecule has 3 rings (SSSR count). The lowest BCUT2D eigenvalue weighted by atomic mass is 10.2. The maximum Gasteiger partial charge on any atom is 0.323 e. The van der Waals surface area contributed by atoms with Crippen LogP contribution in [0.2, 0.25) is 5.02 Å². The topological polar surface area (TPSA) is 94.8 Å². The smallest absolute Gasteiger partial charge is 0.306 e. The zero-order valence-electron chi connectivity index (χ0n) is 11.3. The van der Waals surface area contributed by atoms with E-state index in [-0.39, 0.29) is 16.5 Å². The molecule has 114 valence electrons. The van der Waals surface area contributed by atoms with Crippen molar-refractivity contribution in [3.05, 3.63) is 63.5 Å². The van der Waals surface area contributed by atoms with E-state index in [9.17, 15) is 13.2 Å². The van der Waals surface area contributed by atoms with E-state index >= 15 is 0 Å². The first-order valence-corrected chi connectivity index (χ1v) is 8.27. The highest BCUT2D eigenvalue weighted by molar-refractivity contribution is 7.89. The molecule has 3 N–H and O–H groups in total. The Balaban J connectivity index is 1.94. The molecule has 0 unspecified atom stereocenters. The maximum atomic E-state index is 12.4. The van der Waals surface area contributed by atoms with E-state index in [4.69, 9.17) is 11.6 Å². The molecule has 0 bridgehead atoms. The van der Waals surface area contributed by atoms with Crippen molar-refractivity contribution in [3.8, 4) is 0 Å². The number of H-pyrrole nitrogens is 2. The van der Waals surface area contributed by atoms with Crippen LogP contribution in [0.15, 0.2) is 52.2 Å². The monoisotopic (exact) mass is 337 g/mol. The molecule has 3 aromatic rings. The Bertz CT molecular complexity index is 977. The summed E-state index contributed by atoms with van der Waals surface area (Å²) in [6, 6.07) is 11.9. The van der Waals surface area contributed by atoms with Gasteiger partial charge in [-0.05, 0) is 17.7 Å². The number of benzene rings is 2. The Kier molecular flexibility index (Phi) is 3.78. The summed E-state index contributed by atoms with van der Waals surface area (Å²) in [5, 5.41) is 0.0447. The Morgan fingerprint density at radius 2 is 1.68 bits per heavy atom. The standard InChI is InChI=1S/C14H12ClN3O3S/c15-10-6-11-12(18-14(19)17-11)7-13(10)22(20,21)16-8-9-4-2-1-3-5-9/h1-7,16H,8H2,(H2,17,18,19). The van der Waals surface area contributed by atoms with Crippen LogP contribution in [0.3, 0.4) is 0 Å². The molecule has 0 aliphatic rings. The number of sulfonamides is 1. The Morgan fingerprint density at radius 3 is 2.36 bits per heavy atom. The maximum absolute atomic E-state index is 12.4. The van der Waals surface area contributed by atoms with Crippen LogP contribution in [0.25, 0.3) is 11.0 Å². The number of aromatic nitrogens is 2. The van der Waals surface area contributed by atoms with E-state index in [1.165, 1.54) is 12.1 Å². The Labute approximate surface area is 131 Å². The van der Waals surface area contributed by atoms with Gasteiger partial charge in [-0.1, -0.05) is 41.9 Å². The van der Waals surface area contributed by atoms with Crippen molar-refractivity contribution in [3.63, 3.8) is 0 Å². The molecule has 0 saturated heterocycles. The van der Waals surface area contributed by atoms with Gasteiger partial charge in [-0.25, -0.2) is 17.9 Å². The summed E-state index contributed by atoms with van der Waals surface area (Å²) < 4.78 is 27.2. The van der Waals surface area contributed by atoms with Gasteiger partial charge in [-0.15, -0.1) is 0 Å². The lowest BCUT2D eigenvalue weighted by Gasteiger charge is -2.08. The first-order valence-electron chi connectivity index (χ1n) is 6.41. The van der Waals surface area contributed by atoms with Gasteiger partial charge in [-0.2, -0.15) is 0 Å². The van der Waals surface area contributed by atoms with E-state index in [0.717, 1.165) is 5.56 Å². The predicted octanol–water partition coefficient (Wildman–Crippen LogP) is 1.99. The Morgan fingerprint density at radius 1 is 1.05 bits per heavy atom. The van der Waals surface area contributed by atoms with Gasteiger partial charge in [-0.3, -0.25) is 0 Å². The second-order valence-electron chi connectivity index (χ2n) is 4.72. The number of imidazole rings is 1. The molecule has 22 heavy (non-hydrogen) atoms. The molecule has 1 aromatic heterocycles. The third kappa shape index (κ3) is 2.92. The van der Waals surface area contributed by atoms with Crippen LogP contribution in [0, 0.1) is 0 Å². The van der Waals surface area contributed by atoms with Gasteiger partial charge in [0.2, 0.25) is 10.0 Å². The van der Waals surface area contributed by atoms with E-state index < -0.39 is 15.7 Å². The van der Waals surface area contributed by atoms with Gasteiger partial charge in [0.15, 0.2) is 0 Å². The minimum absolute atomic E-state index is 0.0447. The third-order valence-corrected chi connectivity index (χ3v) is 5.03. The van der Waals surface area contributed by atoms with E-state index in [2.05, 4.69) is 14.7 Å². The van der Waals surface area contributed by atoms with Gasteiger partial charge in [0.25, 0.3) is 0 Å². The molecule has 0 spiro atoms. The van der Waals surface area contributed by atoms with Gasteiger partial charge in [0.1, 0.15) is 4.90 Å². The van der Waals surface area contributed by atoms with Crippen molar-refractivity contribution in [2.24, 2.45) is 0 Å². The van der Waals surface area contributed by atoms with E-state index in [0.29, 0.717) is 11.0 Å². The zero-order chi connectivity index (χ0) is 15.7. The molecule has 0 radical (unpaired) electrons. The fraction of sp³-hybridized carbons (Fsp3) is 0.0714. The summed E-state index contributed by atoms with van der Waals surface area (Å²) in [5.74, 6) is 0. The molecular formula is C14H12ClN3O3S. The lowest BCUT2D eigenvalue weighted by Crippen LogP contribution is -2.23. The first-order chi connectivity index (χ1) is 10.5. The SMILES string of the molecule is O=c1[nH]c2cc(Cl)c(S(=O)(=O)NCc3ccccc3)cc2[nH]1. The summed E-state index contributed by atoms with van der Waals surface area (Å²) in [6.45, 7) is 0.154. The Hall–Kier alpha value is -2.09. The third-order valence-electron chi connectivity index (χ3n) is 3.17. The van der Waals surface area contributed by atoms with Crippen molar-refractivity contribution in [2.75, 3.05) is 0 Å². The minimum atomic E-state index is -3.79. The largest absolute Gasteiger partial charge is 0.323 e. The highest BCUT2D eigenvalue weighted by atomic mass is 35.5. The van der Waals surface area contributed by atoms with E-state index in [1.54, 1.807) is 0 Å². The lowest BCUT2D eigenvalue weighted by molar-refractivity contribution is 0.581. The molecule has 8 heteroatoms. The quantitative estimate of drug-likeness (QED) is 0.679. The molecule has 0 aliphatic carbocycles. The second-order valence-corrected chi connectivity index (χ2v) is 6.86. The number of rotatable bonds is 4. The average molecular weight is 338 g/mol. The number of hydrogen-bond donors (Lipinski definition) is 3. The fourth-order valence-electron chi connectivity index (χ4n) is 2.09. The molecule has 0 amide bonds. The number of aromatic amines is 2. The van der Waals surface area contributed by atoms with Crippen LogP contribution >= 0.6 is 11.6 Å². The predicted molar refractivity (Wildman–Crippen MR) is 84.4 cm³/mol. The van der Waals surface area contributed by atoms with Crippen LogP contribution < -0.4 is 10.4 Å². The summed E-state index contributed by atoms with van der Waals surface area (Å²) in [4.78, 5) is 16.2. The van der Waals surface area contributed by atoms with Gasteiger partial charge >= 0.3 is 5.69 Å². The summed E-state index contributed by atoms with van der Waals surface area (Å²) in [6.07, 6.45) is 0. The fourth-order valence-corrected chi connectivity index (χ4v) is 3.66. The van der Waals surface area contributed by atoms with Crippen molar-refractivity contribution >= 4 is 32.7 Å². The normalized spacial score (nSPS) is 11.9. The number of halogens is 1. The molecule has 0 fully saturated rings. The van der Waals surface area contributed by atoms with Gasteiger partial charge < -0.3 is 9.97 Å². The van der Waals surface area contributed by atoms with Gasteiger partial charge in [0, 0.05) is 6.54 Å².